The van der Waals surface area contributed by atoms with Crippen LogP contribution in [0.1, 0.15) is 47.0 Å². The van der Waals surface area contributed by atoms with Crippen molar-refractivity contribution in [2.75, 3.05) is 26.2 Å². The first kappa shape index (κ1) is 21.4. The Morgan fingerprint density at radius 1 is 1.29 bits per heavy atom. The molecule has 0 aliphatic carbocycles. The molecule has 2 aliphatic rings. The lowest BCUT2D eigenvalue weighted by Crippen LogP contribution is -2.47. The van der Waals surface area contributed by atoms with E-state index in [1.54, 1.807) is 19.5 Å². The third-order valence-electron chi connectivity index (χ3n) is 6.26. The highest BCUT2D eigenvalue weighted by atomic mass is 16.3. The lowest BCUT2D eigenvalue weighted by atomic mass is 9.92. The summed E-state index contributed by atoms with van der Waals surface area (Å²) in [4.78, 5) is 42.6. The average Bonchev–Trinajstić information content (AvgIpc) is 3.27. The van der Waals surface area contributed by atoms with Gasteiger partial charge in [-0.05, 0) is 56.0 Å². The van der Waals surface area contributed by atoms with Crippen LogP contribution in [0.5, 0.6) is 0 Å². The molecule has 31 heavy (non-hydrogen) atoms. The number of amides is 2. The SMILES string of the molecule is CCNC(=O)c1c2c(cn(C)c1=O)CN(C(=O)C1CCCN(Cc3ccco3)C1)CC2. The second kappa shape index (κ2) is 9.09. The van der Waals surface area contributed by atoms with Gasteiger partial charge in [0.25, 0.3) is 11.5 Å². The van der Waals surface area contributed by atoms with Crippen LogP contribution in [0.25, 0.3) is 0 Å². The van der Waals surface area contributed by atoms with Crippen molar-refractivity contribution in [1.29, 1.82) is 0 Å². The number of pyridine rings is 1. The highest BCUT2D eigenvalue weighted by molar-refractivity contribution is 5.95. The number of carbonyl (C=O) groups is 2. The summed E-state index contributed by atoms with van der Waals surface area (Å²) in [6, 6.07) is 3.85. The first-order valence-electron chi connectivity index (χ1n) is 11.0. The molecule has 2 aromatic heterocycles. The number of hydrogen-bond donors (Lipinski definition) is 1. The number of aromatic nitrogens is 1. The van der Waals surface area contributed by atoms with Gasteiger partial charge < -0.3 is 19.2 Å². The molecule has 0 radical (unpaired) electrons. The largest absolute Gasteiger partial charge is 0.468 e. The molecule has 1 fully saturated rings. The van der Waals surface area contributed by atoms with Gasteiger partial charge in [0.15, 0.2) is 0 Å². The van der Waals surface area contributed by atoms with Crippen LogP contribution in [0, 0.1) is 5.92 Å². The van der Waals surface area contributed by atoms with Crippen LogP contribution in [0.4, 0.5) is 0 Å². The van der Waals surface area contributed by atoms with Crippen molar-refractivity contribution >= 4 is 11.8 Å². The third kappa shape index (κ3) is 4.44. The zero-order valence-electron chi connectivity index (χ0n) is 18.2. The van der Waals surface area contributed by atoms with Gasteiger partial charge in [-0.15, -0.1) is 0 Å². The van der Waals surface area contributed by atoms with E-state index in [0.717, 1.165) is 49.4 Å². The Kier molecular flexibility index (Phi) is 6.27. The van der Waals surface area contributed by atoms with E-state index in [4.69, 9.17) is 4.42 Å². The Morgan fingerprint density at radius 2 is 2.13 bits per heavy atom. The Labute approximate surface area is 181 Å². The Morgan fingerprint density at radius 3 is 2.87 bits per heavy atom. The van der Waals surface area contributed by atoms with Gasteiger partial charge in [-0.3, -0.25) is 19.3 Å². The molecule has 0 bridgehead atoms. The summed E-state index contributed by atoms with van der Waals surface area (Å²) in [5.74, 6) is 0.697. The third-order valence-corrected chi connectivity index (χ3v) is 6.26. The molecule has 8 nitrogen and oxygen atoms in total. The first-order chi connectivity index (χ1) is 15.0. The molecular weight excluding hydrogens is 396 g/mol. The molecule has 2 amide bonds. The van der Waals surface area contributed by atoms with Crippen LogP contribution in [0.3, 0.4) is 0 Å². The van der Waals surface area contributed by atoms with E-state index in [9.17, 15) is 14.4 Å². The summed E-state index contributed by atoms with van der Waals surface area (Å²) in [6.07, 6.45) is 5.83. The molecule has 2 aromatic rings. The summed E-state index contributed by atoms with van der Waals surface area (Å²) >= 11 is 0. The van der Waals surface area contributed by atoms with Gasteiger partial charge in [0.2, 0.25) is 5.91 Å². The fourth-order valence-corrected chi connectivity index (χ4v) is 4.74. The van der Waals surface area contributed by atoms with E-state index >= 15 is 0 Å². The predicted octanol–water partition coefficient (Wildman–Crippen LogP) is 1.52. The minimum absolute atomic E-state index is 0.0411. The summed E-state index contributed by atoms with van der Waals surface area (Å²) < 4.78 is 6.91. The summed E-state index contributed by atoms with van der Waals surface area (Å²) in [7, 11) is 1.65. The van der Waals surface area contributed by atoms with Crippen LogP contribution in [0.2, 0.25) is 0 Å². The number of furan rings is 1. The molecule has 0 aromatic carbocycles. The molecule has 1 atom stereocenters. The number of hydrogen-bond acceptors (Lipinski definition) is 5. The van der Waals surface area contributed by atoms with Crippen molar-refractivity contribution in [3.8, 4) is 0 Å². The molecule has 1 saturated heterocycles. The summed E-state index contributed by atoms with van der Waals surface area (Å²) in [5.41, 5.74) is 1.59. The van der Waals surface area contributed by atoms with E-state index in [1.807, 2.05) is 24.0 Å². The van der Waals surface area contributed by atoms with Gasteiger partial charge in [0.1, 0.15) is 11.3 Å². The van der Waals surface area contributed by atoms with E-state index < -0.39 is 0 Å². The van der Waals surface area contributed by atoms with E-state index in [1.165, 1.54) is 4.57 Å². The monoisotopic (exact) mass is 426 g/mol. The molecule has 4 rings (SSSR count). The molecule has 0 spiro atoms. The average molecular weight is 427 g/mol. The molecule has 2 aliphatic heterocycles. The van der Waals surface area contributed by atoms with E-state index in [-0.39, 0.29) is 28.9 Å². The molecule has 1 unspecified atom stereocenters. The summed E-state index contributed by atoms with van der Waals surface area (Å²) in [6.45, 7) is 5.66. The van der Waals surface area contributed by atoms with E-state index in [2.05, 4.69) is 10.2 Å². The molecule has 8 heteroatoms. The highest BCUT2D eigenvalue weighted by Crippen LogP contribution is 2.25. The number of nitrogens with one attached hydrogen (secondary N) is 1. The predicted molar refractivity (Wildman–Crippen MR) is 116 cm³/mol. The van der Waals surface area contributed by atoms with Crippen LogP contribution in [0.15, 0.2) is 33.8 Å². The number of piperidine rings is 1. The first-order valence-corrected chi connectivity index (χ1v) is 11.0. The number of aryl methyl sites for hydroxylation is 1. The van der Waals surface area contributed by atoms with Crippen LogP contribution >= 0.6 is 0 Å². The second-order valence-corrected chi connectivity index (χ2v) is 8.45. The summed E-state index contributed by atoms with van der Waals surface area (Å²) in [5, 5.41) is 2.74. The Hall–Kier alpha value is -2.87. The Balaban J connectivity index is 1.49. The van der Waals surface area contributed by atoms with Gasteiger partial charge >= 0.3 is 0 Å². The fraction of sp³-hybridized carbons (Fsp3) is 0.522. The number of fused-ring (bicyclic) bond motifs is 1. The molecule has 1 N–H and O–H groups in total. The smallest absolute Gasteiger partial charge is 0.263 e. The lowest BCUT2D eigenvalue weighted by Gasteiger charge is -2.36. The normalized spacial score (nSPS) is 19.2. The number of carbonyl (C=O) groups excluding carboxylic acids is 2. The standard InChI is InChI=1S/C23H30N4O4/c1-3-24-21(28)20-19-8-10-27(14-17(19)12-25(2)23(20)30)22(29)16-6-4-9-26(13-16)15-18-7-5-11-31-18/h5,7,11-12,16H,3-4,6,8-10,13-15H2,1-2H3,(H,24,28). The number of nitrogens with zero attached hydrogens (tertiary/aromatic N) is 3. The van der Waals surface area contributed by atoms with Crippen LogP contribution < -0.4 is 10.9 Å². The lowest BCUT2D eigenvalue weighted by molar-refractivity contribution is -0.138. The van der Waals surface area contributed by atoms with Crippen molar-refractivity contribution < 1.29 is 14.0 Å². The maximum Gasteiger partial charge on any atom is 0.263 e. The molecular formula is C23H30N4O4. The van der Waals surface area contributed by atoms with Gasteiger partial charge in [0, 0.05) is 39.4 Å². The van der Waals surface area contributed by atoms with Crippen molar-refractivity contribution in [2.24, 2.45) is 13.0 Å². The number of likely N-dealkylation sites (tertiary alicyclic amines) is 1. The molecule has 166 valence electrons. The Bertz CT molecular complexity index is 1010. The van der Waals surface area contributed by atoms with E-state index in [0.29, 0.717) is 26.1 Å². The zero-order chi connectivity index (χ0) is 22.0. The fourth-order valence-electron chi connectivity index (χ4n) is 4.74. The van der Waals surface area contributed by atoms with Crippen molar-refractivity contribution in [2.45, 2.75) is 39.3 Å². The quantitative estimate of drug-likeness (QED) is 0.783. The van der Waals surface area contributed by atoms with Crippen molar-refractivity contribution in [1.82, 2.24) is 19.7 Å². The van der Waals surface area contributed by atoms with Crippen molar-refractivity contribution in [3.05, 3.63) is 57.4 Å². The number of rotatable bonds is 5. The van der Waals surface area contributed by atoms with Gasteiger partial charge in [-0.2, -0.15) is 0 Å². The van der Waals surface area contributed by atoms with Crippen LogP contribution in [-0.4, -0.2) is 52.4 Å². The maximum absolute atomic E-state index is 13.3. The highest BCUT2D eigenvalue weighted by Gasteiger charge is 2.33. The van der Waals surface area contributed by atoms with Gasteiger partial charge in [0.05, 0.1) is 18.7 Å². The topological polar surface area (TPSA) is 87.8 Å². The second-order valence-electron chi connectivity index (χ2n) is 8.45. The minimum Gasteiger partial charge on any atom is -0.468 e. The zero-order valence-corrected chi connectivity index (χ0v) is 18.2. The van der Waals surface area contributed by atoms with Crippen LogP contribution in [-0.2, 0) is 31.4 Å². The van der Waals surface area contributed by atoms with Gasteiger partial charge in [-0.1, -0.05) is 0 Å². The van der Waals surface area contributed by atoms with Gasteiger partial charge in [-0.25, -0.2) is 0 Å². The van der Waals surface area contributed by atoms with Crippen molar-refractivity contribution in [3.63, 3.8) is 0 Å². The minimum atomic E-state index is -0.333. The maximum atomic E-state index is 13.3. The molecule has 0 saturated carbocycles. The molecule has 4 heterocycles.